The Morgan fingerprint density at radius 3 is 2.38 bits per heavy atom. The van der Waals surface area contributed by atoms with Gasteiger partial charge in [0.2, 0.25) is 0 Å². The van der Waals surface area contributed by atoms with E-state index in [4.69, 9.17) is 18.0 Å². The minimum atomic E-state index is -4.39. The molecule has 3 N–H and O–H groups in total. The first-order valence-electron chi connectivity index (χ1n) is 12.0. The second-order valence-corrected chi connectivity index (χ2v) is 9.91. The van der Waals surface area contributed by atoms with Gasteiger partial charge in [-0.2, -0.15) is 18.3 Å². The van der Waals surface area contributed by atoms with Gasteiger partial charge < -0.3 is 25.3 Å². The molecule has 2 saturated heterocycles. The average molecular weight is 538 g/mol. The van der Waals surface area contributed by atoms with Crippen molar-refractivity contribution < 1.29 is 17.6 Å². The smallest absolute Gasteiger partial charge is 0.375 e. The summed E-state index contributed by atoms with van der Waals surface area (Å²) in [5.74, 6) is -0.392. The Labute approximate surface area is 219 Å². The van der Waals surface area contributed by atoms with E-state index in [0.29, 0.717) is 49.2 Å². The highest BCUT2D eigenvalue weighted by Crippen LogP contribution is 2.34. The molecule has 0 aromatic heterocycles. The Bertz CT molecular complexity index is 1150. The molecule has 0 aliphatic carbocycles. The van der Waals surface area contributed by atoms with Gasteiger partial charge in [-0.15, -0.1) is 0 Å². The summed E-state index contributed by atoms with van der Waals surface area (Å²) in [4.78, 5) is 8.24. The summed E-state index contributed by atoms with van der Waals surface area (Å²) in [5.41, 5.74) is 9.73. The lowest BCUT2D eigenvalue weighted by molar-refractivity contribution is -0.137. The van der Waals surface area contributed by atoms with Crippen molar-refractivity contribution in [3.05, 3.63) is 53.3 Å². The van der Waals surface area contributed by atoms with Crippen LogP contribution in [-0.2, 0) is 6.18 Å². The van der Waals surface area contributed by atoms with Crippen molar-refractivity contribution in [2.24, 2.45) is 10.8 Å². The van der Waals surface area contributed by atoms with E-state index >= 15 is 4.39 Å². The van der Waals surface area contributed by atoms with E-state index in [0.717, 1.165) is 37.3 Å². The molecule has 200 valence electrons. The van der Waals surface area contributed by atoms with Gasteiger partial charge in [-0.25, -0.2) is 4.39 Å². The molecule has 2 aromatic carbocycles. The van der Waals surface area contributed by atoms with Crippen molar-refractivity contribution >= 4 is 40.6 Å². The van der Waals surface area contributed by atoms with Gasteiger partial charge in [0.15, 0.2) is 5.11 Å². The molecule has 4 rings (SSSR count). The van der Waals surface area contributed by atoms with Crippen molar-refractivity contribution in [3.8, 4) is 0 Å². The molecule has 2 aliphatic rings. The Kier molecular flexibility index (Phi) is 8.08. The number of benzene rings is 2. The molecular weight excluding hydrogens is 506 g/mol. The Hall–Kier alpha value is -3.12. The number of nitrogens with two attached hydrogens (primary N) is 1. The summed E-state index contributed by atoms with van der Waals surface area (Å²) < 4.78 is 54.8. The largest absolute Gasteiger partial charge is 0.416 e. The number of hydrazone groups is 1. The van der Waals surface area contributed by atoms with Crippen LogP contribution in [0.2, 0.25) is 0 Å². The van der Waals surface area contributed by atoms with Gasteiger partial charge in [-0.1, -0.05) is 6.07 Å². The van der Waals surface area contributed by atoms with Gasteiger partial charge in [-0.3, -0.25) is 5.43 Å². The van der Waals surface area contributed by atoms with Crippen molar-refractivity contribution in [1.29, 1.82) is 0 Å². The zero-order valence-corrected chi connectivity index (χ0v) is 21.6. The highest BCUT2D eigenvalue weighted by atomic mass is 32.1. The maximum absolute atomic E-state index is 15.4. The number of nitrogens with zero attached hydrogens (tertiary/aromatic N) is 5. The van der Waals surface area contributed by atoms with Gasteiger partial charge in [0, 0.05) is 62.2 Å². The number of hydrogen-bond acceptors (Lipinski definition) is 6. The van der Waals surface area contributed by atoms with Crippen LogP contribution in [0.15, 0.2) is 41.5 Å². The third kappa shape index (κ3) is 6.42. The second kappa shape index (κ2) is 11.1. The van der Waals surface area contributed by atoms with Crippen molar-refractivity contribution in [3.63, 3.8) is 0 Å². The Balaban J connectivity index is 1.55. The zero-order chi connectivity index (χ0) is 26.7. The molecule has 2 fully saturated rings. The first-order chi connectivity index (χ1) is 17.5. The number of likely N-dealkylation sites (N-methyl/N-ethyl adjacent to an activating group) is 1. The molecule has 2 heterocycles. The monoisotopic (exact) mass is 537 g/mol. The molecule has 37 heavy (non-hydrogen) atoms. The fraction of sp³-hybridized carbons (Fsp3) is 0.440. The topological polar surface area (TPSA) is 63.4 Å². The first kappa shape index (κ1) is 26.9. The molecular formula is C25H31F4N7S. The SMILES string of the molecule is CN(C)[C@H]1CCN(c2cc(N3CCN(c4cccc(C(F)(F)F)c4)CC3)c(F)cc2/C=N/NC(N)=S)C1. The standard InChI is InChI=1S/C25H31F4N7S/c1-33(2)20-6-7-36(16-20)22-14-23(21(26)12-17(22)15-31-32-24(30)37)35-10-8-34(9-11-35)19-5-3-4-18(13-19)25(27,28)29/h3-5,12-15,20H,6-11,16H2,1-2H3,(H3,30,32,37)/b31-15+/t20-/m0/s1. The number of rotatable bonds is 6. The highest BCUT2D eigenvalue weighted by molar-refractivity contribution is 7.80. The van der Waals surface area contributed by atoms with E-state index in [9.17, 15) is 13.2 Å². The molecule has 0 unspecified atom stereocenters. The number of anilines is 3. The normalized spacial score (nSPS) is 18.8. The summed E-state index contributed by atoms with van der Waals surface area (Å²) in [6.45, 7) is 3.52. The van der Waals surface area contributed by atoms with Crippen molar-refractivity contribution in [2.45, 2.75) is 18.6 Å². The lowest BCUT2D eigenvalue weighted by Gasteiger charge is -2.38. The number of hydrogen-bond donors (Lipinski definition) is 2. The summed E-state index contributed by atoms with van der Waals surface area (Å²) in [7, 11) is 4.09. The lowest BCUT2D eigenvalue weighted by Crippen LogP contribution is -2.47. The molecule has 2 aliphatic heterocycles. The summed E-state index contributed by atoms with van der Waals surface area (Å²) in [6, 6.07) is 9.00. The van der Waals surface area contributed by atoms with Crippen LogP contribution in [0.25, 0.3) is 0 Å². The van der Waals surface area contributed by atoms with Crippen LogP contribution in [0, 0.1) is 5.82 Å². The van der Waals surface area contributed by atoms with E-state index in [1.165, 1.54) is 18.3 Å². The fourth-order valence-corrected chi connectivity index (χ4v) is 4.87. The Morgan fingerprint density at radius 1 is 1.05 bits per heavy atom. The van der Waals surface area contributed by atoms with E-state index < -0.39 is 17.6 Å². The van der Waals surface area contributed by atoms with E-state index in [-0.39, 0.29) is 5.11 Å². The number of thiocarbonyl (C=S) groups is 1. The predicted octanol–water partition coefficient (Wildman–Crippen LogP) is 3.48. The molecule has 0 saturated carbocycles. The van der Waals surface area contributed by atoms with Crippen molar-refractivity contribution in [1.82, 2.24) is 10.3 Å². The molecule has 0 radical (unpaired) electrons. The minimum absolute atomic E-state index is 0.0161. The van der Waals surface area contributed by atoms with Gasteiger partial charge in [-0.05, 0) is 63.1 Å². The van der Waals surface area contributed by atoms with Crippen LogP contribution in [0.3, 0.4) is 0 Å². The van der Waals surface area contributed by atoms with Crippen LogP contribution in [0.5, 0.6) is 0 Å². The molecule has 12 heteroatoms. The van der Waals surface area contributed by atoms with E-state index in [1.54, 1.807) is 6.07 Å². The van der Waals surface area contributed by atoms with Crippen molar-refractivity contribution in [2.75, 3.05) is 68.1 Å². The zero-order valence-electron chi connectivity index (χ0n) is 20.8. The van der Waals surface area contributed by atoms with Crippen LogP contribution < -0.4 is 25.9 Å². The molecule has 0 amide bonds. The molecule has 7 nitrogen and oxygen atoms in total. The van der Waals surface area contributed by atoms with Crippen LogP contribution >= 0.6 is 12.2 Å². The van der Waals surface area contributed by atoms with Gasteiger partial charge in [0.1, 0.15) is 5.82 Å². The maximum atomic E-state index is 15.4. The Morgan fingerprint density at radius 2 is 1.76 bits per heavy atom. The second-order valence-electron chi connectivity index (χ2n) is 9.47. The number of alkyl halides is 3. The number of halogens is 4. The molecule has 0 spiro atoms. The lowest BCUT2D eigenvalue weighted by atomic mass is 10.1. The third-order valence-corrected chi connectivity index (χ3v) is 6.96. The quantitative estimate of drug-likeness (QED) is 0.253. The predicted molar refractivity (Wildman–Crippen MR) is 144 cm³/mol. The average Bonchev–Trinajstić information content (AvgIpc) is 3.34. The van der Waals surface area contributed by atoms with Crippen LogP contribution in [0.1, 0.15) is 17.5 Å². The van der Waals surface area contributed by atoms with Crippen LogP contribution in [-0.4, -0.2) is 75.6 Å². The van der Waals surface area contributed by atoms with Gasteiger partial charge in [0.05, 0.1) is 17.5 Å². The maximum Gasteiger partial charge on any atom is 0.416 e. The first-order valence-corrected chi connectivity index (χ1v) is 12.4. The molecule has 0 bridgehead atoms. The number of nitrogens with one attached hydrogen (secondary N) is 1. The van der Waals surface area contributed by atoms with Crippen LogP contribution in [0.4, 0.5) is 34.6 Å². The number of piperazine rings is 1. The summed E-state index contributed by atoms with van der Waals surface area (Å²) in [6.07, 6.45) is -1.90. The van der Waals surface area contributed by atoms with E-state index in [1.807, 2.05) is 30.0 Å². The summed E-state index contributed by atoms with van der Waals surface area (Å²) >= 11 is 4.79. The molecule has 1 atom stereocenters. The van der Waals surface area contributed by atoms with Gasteiger partial charge >= 0.3 is 6.18 Å². The minimum Gasteiger partial charge on any atom is -0.375 e. The summed E-state index contributed by atoms with van der Waals surface area (Å²) in [5, 5.41) is 4.05. The third-order valence-electron chi connectivity index (χ3n) is 6.87. The van der Waals surface area contributed by atoms with Gasteiger partial charge in [0.25, 0.3) is 0 Å². The highest BCUT2D eigenvalue weighted by Gasteiger charge is 2.32. The fourth-order valence-electron chi connectivity index (χ4n) is 4.82. The molecule has 2 aromatic rings. The van der Waals surface area contributed by atoms with E-state index in [2.05, 4.69) is 20.3 Å².